The summed E-state index contributed by atoms with van der Waals surface area (Å²) in [4.78, 5) is 28.6. The van der Waals surface area contributed by atoms with Gasteiger partial charge in [0.25, 0.3) is 0 Å². The van der Waals surface area contributed by atoms with E-state index < -0.39 is 5.92 Å². The molecule has 0 saturated carbocycles. The summed E-state index contributed by atoms with van der Waals surface area (Å²) < 4.78 is 4.99. The van der Waals surface area contributed by atoms with Crippen LogP contribution in [0.2, 0.25) is 0 Å². The second kappa shape index (κ2) is 5.65. The third-order valence-corrected chi connectivity index (χ3v) is 3.83. The molecule has 24 heavy (non-hydrogen) atoms. The number of carbonyl (C=O) groups excluding carboxylic acids is 2. The van der Waals surface area contributed by atoms with Crippen molar-refractivity contribution in [3.8, 4) is 11.4 Å². The summed E-state index contributed by atoms with van der Waals surface area (Å²) in [5.74, 6) is -0.454. The SMILES string of the molecule is O=C1C[C@H](C(=O)Nc2n[nH]c(-c3ccoc3)n2)c2ccccc2N1. The number of rotatable bonds is 3. The molecule has 1 atom stereocenters. The van der Waals surface area contributed by atoms with Crippen LogP contribution in [0, 0.1) is 0 Å². The molecule has 120 valence electrons. The largest absolute Gasteiger partial charge is 0.472 e. The Morgan fingerprint density at radius 1 is 1.29 bits per heavy atom. The number of aromatic nitrogens is 3. The molecule has 1 aliphatic heterocycles. The van der Waals surface area contributed by atoms with Crippen LogP contribution < -0.4 is 10.6 Å². The van der Waals surface area contributed by atoms with Gasteiger partial charge in [-0.25, -0.2) is 0 Å². The number of H-pyrrole nitrogens is 1. The average Bonchev–Trinajstić information content (AvgIpc) is 3.25. The first-order chi connectivity index (χ1) is 11.7. The Morgan fingerprint density at radius 2 is 2.17 bits per heavy atom. The van der Waals surface area contributed by atoms with Gasteiger partial charge in [0, 0.05) is 12.1 Å². The van der Waals surface area contributed by atoms with Gasteiger partial charge in [-0.15, -0.1) is 5.10 Å². The third kappa shape index (κ3) is 2.54. The van der Waals surface area contributed by atoms with Crippen LogP contribution in [0.3, 0.4) is 0 Å². The monoisotopic (exact) mass is 323 g/mol. The molecule has 0 fully saturated rings. The molecule has 0 unspecified atom stereocenters. The van der Waals surface area contributed by atoms with Gasteiger partial charge in [-0.2, -0.15) is 4.98 Å². The van der Waals surface area contributed by atoms with Gasteiger partial charge in [0.15, 0.2) is 5.82 Å². The van der Waals surface area contributed by atoms with Crippen LogP contribution in [-0.4, -0.2) is 27.0 Å². The number of fused-ring (bicyclic) bond motifs is 1. The van der Waals surface area contributed by atoms with Crippen molar-refractivity contribution >= 4 is 23.5 Å². The van der Waals surface area contributed by atoms with Crippen molar-refractivity contribution in [1.29, 1.82) is 0 Å². The van der Waals surface area contributed by atoms with Gasteiger partial charge in [0.05, 0.1) is 17.7 Å². The Labute approximate surface area is 136 Å². The first kappa shape index (κ1) is 14.2. The molecule has 0 bridgehead atoms. The second-order valence-corrected chi connectivity index (χ2v) is 5.40. The van der Waals surface area contributed by atoms with E-state index in [-0.39, 0.29) is 24.2 Å². The van der Waals surface area contributed by atoms with Crippen LogP contribution in [0.4, 0.5) is 11.6 Å². The maximum Gasteiger partial charge on any atom is 0.249 e. The summed E-state index contributed by atoms with van der Waals surface area (Å²) >= 11 is 0. The molecular formula is C16H13N5O3. The second-order valence-electron chi connectivity index (χ2n) is 5.40. The lowest BCUT2D eigenvalue weighted by Gasteiger charge is -2.24. The highest BCUT2D eigenvalue weighted by Gasteiger charge is 2.31. The smallest absolute Gasteiger partial charge is 0.249 e. The van der Waals surface area contributed by atoms with Crippen molar-refractivity contribution < 1.29 is 14.0 Å². The number of nitrogens with one attached hydrogen (secondary N) is 3. The van der Waals surface area contributed by atoms with Gasteiger partial charge in [0.1, 0.15) is 6.26 Å². The molecule has 2 amide bonds. The maximum absolute atomic E-state index is 12.6. The maximum atomic E-state index is 12.6. The number of amides is 2. The molecule has 3 N–H and O–H groups in total. The highest BCUT2D eigenvalue weighted by Crippen LogP contribution is 2.32. The van der Waals surface area contributed by atoms with Crippen LogP contribution in [0.1, 0.15) is 17.9 Å². The standard InChI is InChI=1S/C16H13N5O3/c22-13-7-11(10-3-1-2-4-12(10)17-13)15(23)19-16-18-14(20-21-16)9-5-6-24-8-9/h1-6,8,11H,7H2,(H,17,22)(H2,18,19,20,21,23)/t11-/m0/s1. The number of carbonyl (C=O) groups is 2. The normalized spacial score (nSPS) is 16.3. The Balaban J connectivity index is 1.56. The zero-order valence-corrected chi connectivity index (χ0v) is 12.4. The molecule has 4 rings (SSSR count). The number of hydrogen-bond donors (Lipinski definition) is 3. The topological polar surface area (TPSA) is 113 Å². The van der Waals surface area contributed by atoms with Crippen molar-refractivity contribution in [2.75, 3.05) is 10.6 Å². The molecule has 0 saturated heterocycles. The van der Waals surface area contributed by atoms with Crippen LogP contribution >= 0.6 is 0 Å². The Kier molecular flexibility index (Phi) is 3.34. The van der Waals surface area contributed by atoms with E-state index >= 15 is 0 Å². The molecule has 0 aliphatic carbocycles. The predicted octanol–water partition coefficient (Wildman–Crippen LogP) is 2.13. The molecule has 8 heteroatoms. The van der Waals surface area contributed by atoms with E-state index in [2.05, 4.69) is 25.8 Å². The predicted molar refractivity (Wildman–Crippen MR) is 85.1 cm³/mol. The molecule has 1 aliphatic rings. The first-order valence-electron chi connectivity index (χ1n) is 7.35. The molecule has 1 aromatic carbocycles. The van der Waals surface area contributed by atoms with Gasteiger partial charge < -0.3 is 9.73 Å². The zero-order valence-electron chi connectivity index (χ0n) is 12.4. The molecular weight excluding hydrogens is 310 g/mol. The minimum absolute atomic E-state index is 0.0852. The van der Waals surface area contributed by atoms with E-state index in [0.29, 0.717) is 11.5 Å². The van der Waals surface area contributed by atoms with Crippen LogP contribution in [0.15, 0.2) is 47.3 Å². The van der Waals surface area contributed by atoms with Crippen LogP contribution in [0.5, 0.6) is 0 Å². The number of anilines is 2. The summed E-state index contributed by atoms with van der Waals surface area (Å²) in [6, 6.07) is 8.98. The highest BCUT2D eigenvalue weighted by molar-refractivity contribution is 6.04. The lowest BCUT2D eigenvalue weighted by atomic mass is 9.90. The van der Waals surface area contributed by atoms with E-state index in [1.807, 2.05) is 18.2 Å². The lowest BCUT2D eigenvalue weighted by molar-refractivity contribution is -0.123. The highest BCUT2D eigenvalue weighted by atomic mass is 16.3. The van der Waals surface area contributed by atoms with Crippen molar-refractivity contribution in [1.82, 2.24) is 15.2 Å². The van der Waals surface area contributed by atoms with Crippen molar-refractivity contribution in [2.45, 2.75) is 12.3 Å². The quantitative estimate of drug-likeness (QED) is 0.683. The summed E-state index contributed by atoms with van der Waals surface area (Å²) in [6.45, 7) is 0. The number of hydrogen-bond acceptors (Lipinski definition) is 5. The Bertz CT molecular complexity index is 900. The summed E-state index contributed by atoms with van der Waals surface area (Å²) in [7, 11) is 0. The van der Waals surface area contributed by atoms with E-state index in [4.69, 9.17) is 4.42 Å². The average molecular weight is 323 g/mol. The minimum Gasteiger partial charge on any atom is -0.472 e. The van der Waals surface area contributed by atoms with Gasteiger partial charge in [-0.1, -0.05) is 18.2 Å². The van der Waals surface area contributed by atoms with Gasteiger partial charge in [-0.3, -0.25) is 20.0 Å². The van der Waals surface area contributed by atoms with E-state index in [1.54, 1.807) is 12.1 Å². The summed E-state index contributed by atoms with van der Waals surface area (Å²) in [6.07, 6.45) is 3.13. The molecule has 8 nitrogen and oxygen atoms in total. The van der Waals surface area contributed by atoms with E-state index in [0.717, 1.165) is 11.1 Å². The van der Waals surface area contributed by atoms with Gasteiger partial charge in [-0.05, 0) is 17.7 Å². The number of nitrogens with zero attached hydrogens (tertiary/aromatic N) is 2. The fraction of sp³-hybridized carbons (Fsp3) is 0.125. The molecule has 2 aromatic heterocycles. The number of aromatic amines is 1. The fourth-order valence-corrected chi connectivity index (χ4v) is 2.69. The molecule has 3 aromatic rings. The number of para-hydroxylation sites is 1. The summed E-state index contributed by atoms with van der Waals surface area (Å²) in [5, 5.41) is 12.1. The summed E-state index contributed by atoms with van der Waals surface area (Å²) in [5.41, 5.74) is 2.16. The van der Waals surface area contributed by atoms with Gasteiger partial charge in [0.2, 0.25) is 17.8 Å². The minimum atomic E-state index is -0.578. The van der Waals surface area contributed by atoms with E-state index in [9.17, 15) is 9.59 Å². The van der Waals surface area contributed by atoms with Crippen molar-refractivity contribution in [3.05, 3.63) is 48.4 Å². The number of furan rings is 1. The van der Waals surface area contributed by atoms with Crippen molar-refractivity contribution in [3.63, 3.8) is 0 Å². The third-order valence-electron chi connectivity index (χ3n) is 3.83. The fourth-order valence-electron chi connectivity index (χ4n) is 2.69. The van der Waals surface area contributed by atoms with Crippen LogP contribution in [0.25, 0.3) is 11.4 Å². The lowest BCUT2D eigenvalue weighted by Crippen LogP contribution is -2.31. The molecule has 0 spiro atoms. The first-order valence-corrected chi connectivity index (χ1v) is 7.35. The Morgan fingerprint density at radius 3 is 3.00 bits per heavy atom. The van der Waals surface area contributed by atoms with E-state index in [1.165, 1.54) is 12.5 Å². The molecule has 0 radical (unpaired) electrons. The Hall–Kier alpha value is -3.42. The number of benzene rings is 1. The molecule has 3 heterocycles. The van der Waals surface area contributed by atoms with Gasteiger partial charge >= 0.3 is 0 Å². The van der Waals surface area contributed by atoms with Crippen LogP contribution in [-0.2, 0) is 9.59 Å². The van der Waals surface area contributed by atoms with Crippen molar-refractivity contribution in [2.24, 2.45) is 0 Å². The zero-order chi connectivity index (χ0) is 16.5.